The predicted octanol–water partition coefficient (Wildman–Crippen LogP) is 2.82. The van der Waals surface area contributed by atoms with Crippen molar-refractivity contribution in [3.63, 3.8) is 0 Å². The molecule has 138 valence electrons. The molecule has 2 aromatic carbocycles. The lowest BCUT2D eigenvalue weighted by molar-refractivity contribution is 0.0736. The van der Waals surface area contributed by atoms with Gasteiger partial charge in [0.2, 0.25) is 0 Å². The van der Waals surface area contributed by atoms with Crippen molar-refractivity contribution < 1.29 is 5.11 Å². The van der Waals surface area contributed by atoms with E-state index in [9.17, 15) is 5.11 Å². The summed E-state index contributed by atoms with van der Waals surface area (Å²) in [6.45, 7) is 1.42. The quantitative estimate of drug-likeness (QED) is 0.607. The average molecular weight is 368 g/mol. The van der Waals surface area contributed by atoms with Crippen LogP contribution in [0, 0.1) is 24.2 Å². The number of nitrogens with zero attached hydrogens (tertiary/aromatic N) is 2. The molecule has 1 saturated heterocycles. The van der Waals surface area contributed by atoms with Crippen molar-refractivity contribution in [1.29, 1.82) is 0 Å². The van der Waals surface area contributed by atoms with Gasteiger partial charge in [-0.2, -0.15) is 0 Å². The highest BCUT2D eigenvalue weighted by Crippen LogP contribution is 2.24. The van der Waals surface area contributed by atoms with Crippen LogP contribution in [0.1, 0.15) is 24.0 Å². The van der Waals surface area contributed by atoms with Crippen LogP contribution in [0.15, 0.2) is 48.8 Å². The molecule has 3 aromatic rings. The second-order valence-corrected chi connectivity index (χ2v) is 6.87. The van der Waals surface area contributed by atoms with Crippen molar-refractivity contribution in [3.05, 3.63) is 59.9 Å². The maximum absolute atomic E-state index is 10.6. The van der Waals surface area contributed by atoms with Gasteiger partial charge in [0.15, 0.2) is 0 Å². The van der Waals surface area contributed by atoms with Crippen molar-refractivity contribution in [2.45, 2.75) is 18.4 Å². The summed E-state index contributed by atoms with van der Waals surface area (Å²) >= 11 is 0. The summed E-state index contributed by atoms with van der Waals surface area (Å²) in [4.78, 5) is 8.71. The van der Waals surface area contributed by atoms with Gasteiger partial charge in [-0.15, -0.1) is 6.42 Å². The second kappa shape index (κ2) is 7.70. The summed E-state index contributed by atoms with van der Waals surface area (Å²) < 4.78 is 0. The van der Waals surface area contributed by atoms with Crippen LogP contribution in [0.5, 0.6) is 0 Å². The number of fused-ring (bicyclic) bond motifs is 1. The predicted molar refractivity (Wildman–Crippen MR) is 111 cm³/mol. The van der Waals surface area contributed by atoms with Crippen LogP contribution in [-0.2, 0) is 0 Å². The van der Waals surface area contributed by atoms with Crippen molar-refractivity contribution in [2.75, 3.05) is 18.4 Å². The van der Waals surface area contributed by atoms with Crippen molar-refractivity contribution >= 4 is 22.4 Å². The van der Waals surface area contributed by atoms with Gasteiger partial charge in [-0.1, -0.05) is 23.8 Å². The molecule has 4 rings (SSSR count). The maximum Gasteiger partial charge on any atom is 0.141 e. The molecule has 0 aliphatic carbocycles. The zero-order valence-electron chi connectivity index (χ0n) is 15.4. The molecule has 1 aliphatic heterocycles. The van der Waals surface area contributed by atoms with E-state index in [0.717, 1.165) is 40.7 Å². The normalized spacial score (nSPS) is 18.7. The number of benzene rings is 2. The largest absolute Gasteiger partial charge is 0.376 e. The van der Waals surface area contributed by atoms with Crippen molar-refractivity contribution in [1.82, 2.24) is 15.3 Å². The molecule has 5 nitrogen and oxygen atoms in total. The van der Waals surface area contributed by atoms with Gasteiger partial charge in [-0.25, -0.2) is 9.97 Å². The van der Waals surface area contributed by atoms with Crippen LogP contribution in [0.3, 0.4) is 0 Å². The Labute approximate surface area is 164 Å². The van der Waals surface area contributed by atoms with E-state index in [1.807, 2.05) is 42.5 Å². The lowest BCUT2D eigenvalue weighted by Crippen LogP contribution is -2.44. The van der Waals surface area contributed by atoms with Gasteiger partial charge in [0.25, 0.3) is 0 Å². The van der Waals surface area contributed by atoms with E-state index >= 15 is 0 Å². The minimum atomic E-state index is -0.975. The summed E-state index contributed by atoms with van der Waals surface area (Å²) in [6.07, 6.45) is 8.61. The van der Waals surface area contributed by atoms with E-state index in [1.165, 1.54) is 6.33 Å². The van der Waals surface area contributed by atoms with Crippen molar-refractivity contribution in [2.24, 2.45) is 0 Å². The Kier molecular flexibility index (Phi) is 4.95. The minimum Gasteiger partial charge on any atom is -0.376 e. The van der Waals surface area contributed by atoms with Crippen LogP contribution in [-0.4, -0.2) is 33.8 Å². The molecule has 0 amide bonds. The number of aromatic nitrogens is 2. The molecule has 1 atom stereocenters. The smallest absolute Gasteiger partial charge is 0.141 e. The monoisotopic (exact) mass is 368 g/mol. The third kappa shape index (κ3) is 3.97. The van der Waals surface area contributed by atoms with Crippen LogP contribution in [0.4, 0.5) is 11.5 Å². The molecular formula is C23H20N4O. The molecule has 1 fully saturated rings. The highest BCUT2D eigenvalue weighted by atomic mass is 16.3. The Bertz CT molecular complexity index is 1110. The first-order valence-electron chi connectivity index (χ1n) is 9.20. The van der Waals surface area contributed by atoms with Gasteiger partial charge in [0.05, 0.1) is 5.52 Å². The first-order valence-corrected chi connectivity index (χ1v) is 9.20. The van der Waals surface area contributed by atoms with Crippen LogP contribution in [0.25, 0.3) is 10.9 Å². The first kappa shape index (κ1) is 18.0. The third-order valence-corrected chi connectivity index (χ3v) is 4.73. The summed E-state index contributed by atoms with van der Waals surface area (Å²) in [7, 11) is 0. The van der Waals surface area contributed by atoms with E-state index in [1.54, 1.807) is 0 Å². The van der Waals surface area contributed by atoms with Gasteiger partial charge in [-0.05, 0) is 55.8 Å². The number of hydrogen-bond acceptors (Lipinski definition) is 5. The molecular weight excluding hydrogens is 348 g/mol. The number of nitrogens with one attached hydrogen (secondary N) is 2. The lowest BCUT2D eigenvalue weighted by Gasteiger charge is -2.27. The van der Waals surface area contributed by atoms with Crippen molar-refractivity contribution in [3.8, 4) is 24.2 Å². The molecule has 28 heavy (non-hydrogen) atoms. The maximum atomic E-state index is 10.6. The summed E-state index contributed by atoms with van der Waals surface area (Å²) in [5.74, 6) is 9.44. The highest BCUT2D eigenvalue weighted by molar-refractivity contribution is 5.91. The third-order valence-electron chi connectivity index (χ3n) is 4.73. The molecule has 2 heterocycles. The highest BCUT2D eigenvalue weighted by Gasteiger charge is 2.26. The number of anilines is 2. The number of terminal acetylenes is 1. The molecule has 1 aromatic heterocycles. The number of piperidine rings is 1. The van der Waals surface area contributed by atoms with E-state index in [2.05, 4.69) is 38.4 Å². The van der Waals surface area contributed by atoms with Crippen LogP contribution in [0.2, 0.25) is 0 Å². The number of aliphatic hydroxyl groups is 1. The number of rotatable bonds is 2. The molecule has 0 saturated carbocycles. The molecule has 0 radical (unpaired) electrons. The summed E-state index contributed by atoms with van der Waals surface area (Å²) in [6, 6.07) is 13.4. The van der Waals surface area contributed by atoms with E-state index < -0.39 is 5.60 Å². The fourth-order valence-corrected chi connectivity index (χ4v) is 3.24. The van der Waals surface area contributed by atoms with Crippen LogP contribution >= 0.6 is 0 Å². The fourth-order valence-electron chi connectivity index (χ4n) is 3.24. The number of β-amino-alcohol motifs (C(OH)–C–C–N with tert-alkyl or cyclic N) is 1. The number of hydrogen-bond donors (Lipinski definition) is 3. The Balaban J connectivity index is 1.67. The second-order valence-electron chi connectivity index (χ2n) is 6.87. The average Bonchev–Trinajstić information content (AvgIpc) is 2.73. The summed E-state index contributed by atoms with van der Waals surface area (Å²) in [5.41, 5.74) is 2.30. The van der Waals surface area contributed by atoms with E-state index in [-0.39, 0.29) is 0 Å². The lowest BCUT2D eigenvalue weighted by atomic mass is 9.94. The van der Waals surface area contributed by atoms with E-state index in [0.29, 0.717) is 18.8 Å². The Morgan fingerprint density at radius 2 is 2.07 bits per heavy atom. The zero-order chi connectivity index (χ0) is 19.4. The Morgan fingerprint density at radius 3 is 2.89 bits per heavy atom. The Hall–Kier alpha value is -3.38. The van der Waals surface area contributed by atoms with Gasteiger partial charge in [-0.3, -0.25) is 0 Å². The molecule has 1 unspecified atom stereocenters. The van der Waals surface area contributed by atoms with Gasteiger partial charge < -0.3 is 15.7 Å². The first-order chi connectivity index (χ1) is 13.6. The van der Waals surface area contributed by atoms with Gasteiger partial charge in [0.1, 0.15) is 17.7 Å². The fraction of sp³-hybridized carbons (Fsp3) is 0.217. The molecule has 1 aliphatic rings. The van der Waals surface area contributed by atoms with Crippen LogP contribution < -0.4 is 10.6 Å². The van der Waals surface area contributed by atoms with Gasteiger partial charge >= 0.3 is 0 Å². The standard InChI is InChI=1S/C23H20N4O/c1-2-17-5-3-6-19(13-17)27-22-20-14-18(7-8-21(20)25-16-26-22)9-11-23(28)10-4-12-24-15-23/h1,3,5-8,13-14,16,24,28H,4,10,12,15H2,(H,25,26,27). The summed E-state index contributed by atoms with van der Waals surface area (Å²) in [5, 5.41) is 17.9. The SMILES string of the molecule is C#Cc1cccc(Nc2ncnc3ccc(C#CC4(O)CCCNC4)cc23)c1. The van der Waals surface area contributed by atoms with Gasteiger partial charge in [0, 0.05) is 28.7 Å². The zero-order valence-corrected chi connectivity index (χ0v) is 15.4. The molecule has 0 bridgehead atoms. The minimum absolute atomic E-state index is 0.495. The topological polar surface area (TPSA) is 70.1 Å². The molecule has 0 spiro atoms. The van der Waals surface area contributed by atoms with E-state index in [4.69, 9.17) is 6.42 Å². The molecule has 5 heteroatoms. The Morgan fingerprint density at radius 1 is 1.14 bits per heavy atom. The molecule has 3 N–H and O–H groups in total.